The Bertz CT molecular complexity index is 352. The quantitative estimate of drug-likeness (QED) is 0.831. The van der Waals surface area contributed by atoms with Crippen molar-refractivity contribution < 1.29 is 4.39 Å². The summed E-state index contributed by atoms with van der Waals surface area (Å²) < 4.78 is 12.9. The predicted molar refractivity (Wildman–Crippen MR) is 74.0 cm³/mol. The van der Waals surface area contributed by atoms with Gasteiger partial charge in [-0.25, -0.2) is 4.39 Å². The maximum absolute atomic E-state index is 12.9. The topological polar surface area (TPSA) is 12.0 Å². The van der Waals surface area contributed by atoms with Crippen LogP contribution in [-0.4, -0.2) is 6.04 Å². The minimum atomic E-state index is -0.158. The maximum atomic E-state index is 12.9. The fourth-order valence-electron chi connectivity index (χ4n) is 2.94. The summed E-state index contributed by atoms with van der Waals surface area (Å²) in [6, 6.07) is 7.79. The molecular formula is C16H24FN. The normalized spacial score (nSPS) is 25.9. The fourth-order valence-corrected chi connectivity index (χ4v) is 2.94. The van der Waals surface area contributed by atoms with E-state index in [0.29, 0.717) is 12.1 Å². The predicted octanol–water partition coefficient (Wildman–Crippen LogP) is 4.45. The summed E-state index contributed by atoms with van der Waals surface area (Å²) in [6.07, 6.45) is 6.59. The largest absolute Gasteiger partial charge is 0.307 e. The molecule has 1 saturated carbocycles. The van der Waals surface area contributed by atoms with E-state index in [1.807, 2.05) is 12.1 Å². The molecular weight excluding hydrogens is 225 g/mol. The Morgan fingerprint density at radius 2 is 1.78 bits per heavy atom. The van der Waals surface area contributed by atoms with E-state index in [-0.39, 0.29) is 5.82 Å². The standard InChI is InChI=1S/C16H24FN/c1-3-13-4-10-16(11-5-13)18-12(2)14-6-8-15(17)9-7-14/h6-9,12-13,16,18H,3-5,10-11H2,1-2H3/t12-,13?,16?/m1/s1. The Labute approximate surface area is 110 Å². The first-order valence-electron chi connectivity index (χ1n) is 7.20. The second kappa shape index (κ2) is 6.33. The molecule has 1 aromatic carbocycles. The molecule has 1 aliphatic carbocycles. The lowest BCUT2D eigenvalue weighted by atomic mass is 9.84. The molecule has 0 amide bonds. The second-order valence-corrected chi connectivity index (χ2v) is 5.57. The van der Waals surface area contributed by atoms with Gasteiger partial charge in [0.15, 0.2) is 0 Å². The van der Waals surface area contributed by atoms with E-state index in [9.17, 15) is 4.39 Å². The van der Waals surface area contributed by atoms with Crippen LogP contribution in [0.3, 0.4) is 0 Å². The average Bonchev–Trinajstić information content (AvgIpc) is 2.40. The van der Waals surface area contributed by atoms with Crippen molar-refractivity contribution in [2.75, 3.05) is 0 Å². The summed E-state index contributed by atoms with van der Waals surface area (Å²) in [6.45, 7) is 4.46. The number of nitrogens with one attached hydrogen (secondary N) is 1. The fraction of sp³-hybridized carbons (Fsp3) is 0.625. The van der Waals surface area contributed by atoms with Gasteiger partial charge in [-0.05, 0) is 56.2 Å². The molecule has 0 saturated heterocycles. The average molecular weight is 249 g/mol. The summed E-state index contributed by atoms with van der Waals surface area (Å²) in [5.74, 6) is 0.776. The first-order valence-corrected chi connectivity index (χ1v) is 7.20. The molecule has 1 nitrogen and oxygen atoms in total. The highest BCUT2D eigenvalue weighted by atomic mass is 19.1. The second-order valence-electron chi connectivity index (χ2n) is 5.57. The molecule has 0 aromatic heterocycles. The van der Waals surface area contributed by atoms with E-state index in [1.54, 1.807) is 12.1 Å². The van der Waals surface area contributed by atoms with Crippen LogP contribution >= 0.6 is 0 Å². The maximum Gasteiger partial charge on any atom is 0.123 e. The third-order valence-corrected chi connectivity index (χ3v) is 4.28. The monoisotopic (exact) mass is 249 g/mol. The highest BCUT2D eigenvalue weighted by Crippen LogP contribution is 2.28. The lowest BCUT2D eigenvalue weighted by Crippen LogP contribution is -2.34. The SMILES string of the molecule is CCC1CCC(N[C@H](C)c2ccc(F)cc2)CC1. The van der Waals surface area contributed by atoms with E-state index in [0.717, 1.165) is 5.92 Å². The van der Waals surface area contributed by atoms with Gasteiger partial charge in [0.25, 0.3) is 0 Å². The van der Waals surface area contributed by atoms with Crippen LogP contribution in [0.4, 0.5) is 4.39 Å². The molecule has 1 fully saturated rings. The van der Waals surface area contributed by atoms with Crippen molar-refractivity contribution in [1.82, 2.24) is 5.32 Å². The molecule has 2 rings (SSSR count). The zero-order valence-corrected chi connectivity index (χ0v) is 11.5. The van der Waals surface area contributed by atoms with E-state index in [2.05, 4.69) is 19.2 Å². The van der Waals surface area contributed by atoms with Crippen molar-refractivity contribution in [3.63, 3.8) is 0 Å². The molecule has 1 N–H and O–H groups in total. The van der Waals surface area contributed by atoms with Crippen LogP contribution in [0.1, 0.15) is 57.6 Å². The summed E-state index contributed by atoms with van der Waals surface area (Å²) in [7, 11) is 0. The Morgan fingerprint density at radius 3 is 2.33 bits per heavy atom. The molecule has 0 radical (unpaired) electrons. The highest BCUT2D eigenvalue weighted by Gasteiger charge is 2.21. The molecule has 1 aromatic rings. The van der Waals surface area contributed by atoms with Crippen LogP contribution in [-0.2, 0) is 0 Å². The smallest absolute Gasteiger partial charge is 0.123 e. The van der Waals surface area contributed by atoms with Gasteiger partial charge in [0.1, 0.15) is 5.82 Å². The highest BCUT2D eigenvalue weighted by molar-refractivity contribution is 5.19. The molecule has 100 valence electrons. The lowest BCUT2D eigenvalue weighted by molar-refractivity contribution is 0.273. The summed E-state index contributed by atoms with van der Waals surface area (Å²) in [5, 5.41) is 3.68. The first kappa shape index (κ1) is 13.5. The van der Waals surface area contributed by atoms with Gasteiger partial charge in [-0.1, -0.05) is 25.5 Å². The van der Waals surface area contributed by atoms with E-state index in [4.69, 9.17) is 0 Å². The molecule has 18 heavy (non-hydrogen) atoms. The molecule has 0 spiro atoms. The van der Waals surface area contributed by atoms with Crippen molar-refractivity contribution in [2.45, 2.75) is 58.0 Å². The number of benzene rings is 1. The van der Waals surface area contributed by atoms with Crippen molar-refractivity contribution in [3.05, 3.63) is 35.6 Å². The third kappa shape index (κ3) is 3.55. The van der Waals surface area contributed by atoms with Crippen molar-refractivity contribution >= 4 is 0 Å². The number of hydrogen-bond acceptors (Lipinski definition) is 1. The van der Waals surface area contributed by atoms with Gasteiger partial charge in [0.2, 0.25) is 0 Å². The Morgan fingerprint density at radius 1 is 1.17 bits per heavy atom. The van der Waals surface area contributed by atoms with Crippen LogP contribution in [0, 0.1) is 11.7 Å². The molecule has 0 bridgehead atoms. The van der Waals surface area contributed by atoms with Crippen LogP contribution in [0.5, 0.6) is 0 Å². The Balaban J connectivity index is 1.84. The van der Waals surface area contributed by atoms with Gasteiger partial charge in [-0.15, -0.1) is 0 Å². The Kier molecular flexibility index (Phi) is 4.76. The van der Waals surface area contributed by atoms with Crippen molar-refractivity contribution in [3.8, 4) is 0 Å². The molecule has 1 atom stereocenters. The van der Waals surface area contributed by atoms with Crippen LogP contribution in [0.2, 0.25) is 0 Å². The Hall–Kier alpha value is -0.890. The zero-order chi connectivity index (χ0) is 13.0. The zero-order valence-electron chi connectivity index (χ0n) is 11.5. The van der Waals surface area contributed by atoms with Crippen molar-refractivity contribution in [2.24, 2.45) is 5.92 Å². The summed E-state index contributed by atoms with van der Waals surface area (Å²) in [4.78, 5) is 0. The minimum absolute atomic E-state index is 0.158. The van der Waals surface area contributed by atoms with Crippen molar-refractivity contribution in [1.29, 1.82) is 0 Å². The van der Waals surface area contributed by atoms with Gasteiger partial charge in [-0.3, -0.25) is 0 Å². The van der Waals surface area contributed by atoms with E-state index >= 15 is 0 Å². The van der Waals surface area contributed by atoms with E-state index < -0.39 is 0 Å². The van der Waals surface area contributed by atoms with Gasteiger partial charge < -0.3 is 5.32 Å². The van der Waals surface area contributed by atoms with Gasteiger partial charge in [0.05, 0.1) is 0 Å². The van der Waals surface area contributed by atoms with Crippen LogP contribution in [0.15, 0.2) is 24.3 Å². The first-order chi connectivity index (χ1) is 8.69. The van der Waals surface area contributed by atoms with E-state index in [1.165, 1.54) is 37.7 Å². The molecule has 0 aliphatic heterocycles. The summed E-state index contributed by atoms with van der Waals surface area (Å²) >= 11 is 0. The van der Waals surface area contributed by atoms with Crippen LogP contribution < -0.4 is 5.32 Å². The summed E-state index contributed by atoms with van der Waals surface area (Å²) in [5.41, 5.74) is 1.18. The molecule has 0 heterocycles. The van der Waals surface area contributed by atoms with Gasteiger partial charge in [0, 0.05) is 12.1 Å². The lowest BCUT2D eigenvalue weighted by Gasteiger charge is -2.31. The number of hydrogen-bond donors (Lipinski definition) is 1. The number of rotatable bonds is 4. The molecule has 1 aliphatic rings. The molecule has 0 unspecified atom stereocenters. The minimum Gasteiger partial charge on any atom is -0.307 e. The molecule has 2 heteroatoms. The van der Waals surface area contributed by atoms with Gasteiger partial charge in [-0.2, -0.15) is 0 Å². The van der Waals surface area contributed by atoms with Crippen LogP contribution in [0.25, 0.3) is 0 Å². The number of halogens is 1. The third-order valence-electron chi connectivity index (χ3n) is 4.28. The van der Waals surface area contributed by atoms with Gasteiger partial charge >= 0.3 is 0 Å².